The van der Waals surface area contributed by atoms with Gasteiger partial charge in [-0.25, -0.2) is 0 Å². The van der Waals surface area contributed by atoms with Gasteiger partial charge in [-0.05, 0) is 18.4 Å². The fourth-order valence-electron chi connectivity index (χ4n) is 2.70. The second kappa shape index (κ2) is 8.23. The monoisotopic (exact) mass is 273 g/mol. The van der Waals surface area contributed by atoms with E-state index in [9.17, 15) is 0 Å². The number of unbranched alkanes of at least 4 members (excludes halogenated alkanes) is 1. The van der Waals surface area contributed by atoms with Crippen LogP contribution in [0, 0.1) is 0 Å². The SMILES string of the molecule is CCCC[C@@H]1C=CCN1O[C@H](CCC)c1ccccc1. The van der Waals surface area contributed by atoms with Gasteiger partial charge in [-0.2, -0.15) is 5.06 Å². The fourth-order valence-corrected chi connectivity index (χ4v) is 2.70. The number of hydroxylamine groups is 2. The topological polar surface area (TPSA) is 12.5 Å². The normalized spacial score (nSPS) is 20.4. The maximum absolute atomic E-state index is 6.32. The Kier molecular flexibility index (Phi) is 6.28. The third-order valence-corrected chi connectivity index (χ3v) is 3.85. The Hall–Kier alpha value is -1.12. The molecule has 1 heterocycles. The van der Waals surface area contributed by atoms with Crippen LogP contribution < -0.4 is 0 Å². The molecular weight excluding hydrogens is 246 g/mol. The molecule has 1 aliphatic heterocycles. The van der Waals surface area contributed by atoms with E-state index in [1.165, 1.54) is 24.8 Å². The van der Waals surface area contributed by atoms with Crippen LogP contribution in [0.1, 0.15) is 57.6 Å². The van der Waals surface area contributed by atoms with Crippen LogP contribution in [-0.4, -0.2) is 17.6 Å². The summed E-state index contributed by atoms with van der Waals surface area (Å²) in [7, 11) is 0. The average molecular weight is 273 g/mol. The van der Waals surface area contributed by atoms with Crippen molar-refractivity contribution in [1.82, 2.24) is 5.06 Å². The zero-order valence-electron chi connectivity index (χ0n) is 12.8. The van der Waals surface area contributed by atoms with Crippen molar-refractivity contribution in [2.24, 2.45) is 0 Å². The summed E-state index contributed by atoms with van der Waals surface area (Å²) in [5.41, 5.74) is 1.29. The minimum absolute atomic E-state index is 0.185. The highest BCUT2D eigenvalue weighted by Crippen LogP contribution is 2.27. The molecule has 0 N–H and O–H groups in total. The van der Waals surface area contributed by atoms with E-state index in [0.29, 0.717) is 6.04 Å². The first-order valence-corrected chi connectivity index (χ1v) is 8.00. The van der Waals surface area contributed by atoms with Crippen LogP contribution in [-0.2, 0) is 4.84 Å². The molecule has 2 nitrogen and oxygen atoms in total. The Morgan fingerprint density at radius 2 is 2.00 bits per heavy atom. The molecule has 1 aromatic carbocycles. The van der Waals surface area contributed by atoms with Crippen LogP contribution in [0.3, 0.4) is 0 Å². The van der Waals surface area contributed by atoms with E-state index in [1.807, 2.05) is 0 Å². The van der Waals surface area contributed by atoms with Gasteiger partial charge in [-0.1, -0.05) is 75.6 Å². The van der Waals surface area contributed by atoms with Crippen molar-refractivity contribution in [2.45, 2.75) is 58.1 Å². The van der Waals surface area contributed by atoms with Gasteiger partial charge in [0.2, 0.25) is 0 Å². The Morgan fingerprint density at radius 1 is 1.20 bits per heavy atom. The third kappa shape index (κ3) is 4.19. The molecule has 2 rings (SSSR count). The predicted octanol–water partition coefficient (Wildman–Crippen LogP) is 4.89. The van der Waals surface area contributed by atoms with Gasteiger partial charge < -0.3 is 0 Å². The highest BCUT2D eigenvalue weighted by Gasteiger charge is 2.24. The Labute approximate surface area is 123 Å². The zero-order valence-corrected chi connectivity index (χ0v) is 12.8. The molecule has 110 valence electrons. The van der Waals surface area contributed by atoms with Gasteiger partial charge in [0, 0.05) is 6.54 Å². The molecule has 1 aromatic rings. The summed E-state index contributed by atoms with van der Waals surface area (Å²) in [6.45, 7) is 5.38. The molecule has 0 spiro atoms. The quantitative estimate of drug-likeness (QED) is 0.625. The second-order valence-corrected chi connectivity index (χ2v) is 5.53. The van der Waals surface area contributed by atoms with Crippen LogP contribution in [0.25, 0.3) is 0 Å². The molecule has 0 radical (unpaired) electrons. The summed E-state index contributed by atoms with van der Waals surface area (Å²) < 4.78 is 0. The van der Waals surface area contributed by atoms with E-state index < -0.39 is 0 Å². The second-order valence-electron chi connectivity index (χ2n) is 5.53. The number of rotatable bonds is 8. The van der Waals surface area contributed by atoms with Crippen molar-refractivity contribution in [3.05, 3.63) is 48.0 Å². The largest absolute Gasteiger partial charge is 0.290 e. The Balaban J connectivity index is 1.97. The van der Waals surface area contributed by atoms with Gasteiger partial charge in [0.25, 0.3) is 0 Å². The van der Waals surface area contributed by atoms with Gasteiger partial charge >= 0.3 is 0 Å². The van der Waals surface area contributed by atoms with Crippen LogP contribution in [0.5, 0.6) is 0 Å². The molecule has 0 amide bonds. The van der Waals surface area contributed by atoms with Gasteiger partial charge in [0.05, 0.1) is 6.04 Å². The van der Waals surface area contributed by atoms with Crippen molar-refractivity contribution in [2.75, 3.05) is 6.54 Å². The van der Waals surface area contributed by atoms with E-state index in [-0.39, 0.29) is 6.10 Å². The first kappa shape index (κ1) is 15.3. The van der Waals surface area contributed by atoms with Crippen molar-refractivity contribution < 1.29 is 4.84 Å². The molecular formula is C18H27NO. The smallest absolute Gasteiger partial charge is 0.104 e. The molecule has 2 heteroatoms. The maximum atomic E-state index is 6.32. The van der Waals surface area contributed by atoms with Crippen molar-refractivity contribution in [1.29, 1.82) is 0 Å². The molecule has 0 aliphatic carbocycles. The van der Waals surface area contributed by atoms with Crippen LogP contribution >= 0.6 is 0 Å². The molecule has 0 saturated carbocycles. The van der Waals surface area contributed by atoms with Crippen LogP contribution in [0.2, 0.25) is 0 Å². The van der Waals surface area contributed by atoms with E-state index in [1.54, 1.807) is 0 Å². The van der Waals surface area contributed by atoms with Crippen molar-refractivity contribution >= 4 is 0 Å². The van der Waals surface area contributed by atoms with Crippen LogP contribution in [0.4, 0.5) is 0 Å². The van der Waals surface area contributed by atoms with Gasteiger partial charge in [0.15, 0.2) is 0 Å². The molecule has 0 bridgehead atoms. The standard InChI is InChI=1S/C18H27NO/c1-3-5-13-17-14-9-15-19(17)20-18(10-4-2)16-11-7-6-8-12-16/h6-9,11-12,14,17-18H,3-5,10,13,15H2,1-2H3/t17-,18-/m1/s1. The number of hydrogen-bond acceptors (Lipinski definition) is 2. The molecule has 0 fully saturated rings. The average Bonchev–Trinajstić information content (AvgIpc) is 2.93. The lowest BCUT2D eigenvalue weighted by atomic mass is 10.1. The zero-order chi connectivity index (χ0) is 14.2. The minimum Gasteiger partial charge on any atom is -0.290 e. The first-order valence-electron chi connectivity index (χ1n) is 8.00. The summed E-state index contributed by atoms with van der Waals surface area (Å²) in [4.78, 5) is 6.32. The van der Waals surface area contributed by atoms with Gasteiger partial charge in [-0.15, -0.1) is 0 Å². The highest BCUT2D eigenvalue weighted by atomic mass is 16.7. The first-order chi connectivity index (χ1) is 9.85. The third-order valence-electron chi connectivity index (χ3n) is 3.85. The fraction of sp³-hybridized carbons (Fsp3) is 0.556. The molecule has 0 aromatic heterocycles. The Morgan fingerprint density at radius 3 is 2.70 bits per heavy atom. The summed E-state index contributed by atoms with van der Waals surface area (Å²) in [6, 6.07) is 11.1. The summed E-state index contributed by atoms with van der Waals surface area (Å²) in [5, 5.41) is 2.17. The highest BCUT2D eigenvalue weighted by molar-refractivity contribution is 5.17. The van der Waals surface area contributed by atoms with E-state index in [4.69, 9.17) is 4.84 Å². The van der Waals surface area contributed by atoms with Crippen molar-refractivity contribution in [3.8, 4) is 0 Å². The van der Waals surface area contributed by atoms with Gasteiger partial charge in [-0.3, -0.25) is 4.84 Å². The predicted molar refractivity (Wildman–Crippen MR) is 84.3 cm³/mol. The molecule has 2 atom stereocenters. The van der Waals surface area contributed by atoms with Crippen LogP contribution in [0.15, 0.2) is 42.5 Å². The van der Waals surface area contributed by atoms with Gasteiger partial charge in [0.1, 0.15) is 6.10 Å². The lowest BCUT2D eigenvalue weighted by molar-refractivity contribution is -0.207. The lowest BCUT2D eigenvalue weighted by Crippen LogP contribution is -2.32. The van der Waals surface area contributed by atoms with Crippen molar-refractivity contribution in [3.63, 3.8) is 0 Å². The number of hydrogen-bond donors (Lipinski definition) is 0. The lowest BCUT2D eigenvalue weighted by Gasteiger charge is -2.29. The Bertz CT molecular complexity index is 401. The molecule has 20 heavy (non-hydrogen) atoms. The summed E-state index contributed by atoms with van der Waals surface area (Å²) in [5.74, 6) is 0. The van der Waals surface area contributed by atoms with E-state index in [2.05, 4.69) is 61.4 Å². The maximum Gasteiger partial charge on any atom is 0.104 e. The number of benzene rings is 1. The van der Waals surface area contributed by atoms with E-state index >= 15 is 0 Å². The van der Waals surface area contributed by atoms with E-state index in [0.717, 1.165) is 19.4 Å². The molecule has 0 saturated heterocycles. The number of nitrogens with zero attached hydrogens (tertiary/aromatic N) is 1. The summed E-state index contributed by atoms with van der Waals surface area (Å²) >= 11 is 0. The minimum atomic E-state index is 0.185. The molecule has 1 aliphatic rings. The molecule has 0 unspecified atom stereocenters. The summed E-state index contributed by atoms with van der Waals surface area (Å²) in [6.07, 6.45) is 10.6.